The fourth-order valence-electron chi connectivity index (χ4n) is 2.19. The molecule has 0 N–H and O–H groups in total. The zero-order valence-corrected chi connectivity index (χ0v) is 8.72. The van der Waals surface area contributed by atoms with E-state index in [-0.39, 0.29) is 0 Å². The normalized spacial score (nSPS) is 16.6. The Hall–Kier alpha value is -1.70. The standard InChI is InChI=1S/C13H12BN/c1-11-4-5-12-6-9-15-8-3-2-7-14(15)13(12)10-11/h2-10H,1H3. The molecule has 2 aliphatic rings. The summed E-state index contributed by atoms with van der Waals surface area (Å²) in [5.41, 5.74) is 4.06. The van der Waals surface area contributed by atoms with E-state index in [0.29, 0.717) is 6.85 Å². The zero-order valence-electron chi connectivity index (χ0n) is 8.72. The first-order valence-corrected chi connectivity index (χ1v) is 5.26. The van der Waals surface area contributed by atoms with Gasteiger partial charge < -0.3 is 4.81 Å². The van der Waals surface area contributed by atoms with E-state index in [1.54, 1.807) is 0 Å². The Morgan fingerprint density at radius 1 is 1.13 bits per heavy atom. The van der Waals surface area contributed by atoms with Crippen LogP contribution in [-0.2, 0) is 0 Å². The molecule has 0 unspecified atom stereocenters. The summed E-state index contributed by atoms with van der Waals surface area (Å²) in [5, 5.41) is 0. The van der Waals surface area contributed by atoms with Gasteiger partial charge in [-0.25, -0.2) is 0 Å². The van der Waals surface area contributed by atoms with Crippen LogP contribution < -0.4 is 5.46 Å². The highest BCUT2D eigenvalue weighted by atomic mass is 15.0. The lowest BCUT2D eigenvalue weighted by Gasteiger charge is -2.29. The van der Waals surface area contributed by atoms with Crippen LogP contribution in [-0.4, -0.2) is 11.7 Å². The predicted molar refractivity (Wildman–Crippen MR) is 65.7 cm³/mol. The third-order valence-electron chi connectivity index (χ3n) is 2.97. The molecule has 1 nitrogen and oxygen atoms in total. The fraction of sp³-hybridized carbons (Fsp3) is 0.0769. The van der Waals surface area contributed by atoms with Crippen LogP contribution in [0.1, 0.15) is 11.1 Å². The molecule has 0 spiro atoms. The molecular weight excluding hydrogens is 181 g/mol. The van der Waals surface area contributed by atoms with Crippen LogP contribution in [0, 0.1) is 6.92 Å². The van der Waals surface area contributed by atoms with E-state index in [1.165, 1.54) is 16.6 Å². The van der Waals surface area contributed by atoms with Crippen molar-refractivity contribution in [1.29, 1.82) is 0 Å². The molecule has 2 heterocycles. The Balaban J connectivity index is 2.16. The minimum Gasteiger partial charge on any atom is -0.389 e. The second-order valence-electron chi connectivity index (χ2n) is 4.07. The van der Waals surface area contributed by atoms with Gasteiger partial charge in [-0.3, -0.25) is 0 Å². The van der Waals surface area contributed by atoms with Crippen LogP contribution in [0.3, 0.4) is 0 Å². The summed E-state index contributed by atoms with van der Waals surface area (Å²) in [7, 11) is 0. The average molecular weight is 193 g/mol. The van der Waals surface area contributed by atoms with Gasteiger partial charge in [0.25, 0.3) is 0 Å². The lowest BCUT2D eigenvalue weighted by atomic mass is 9.51. The van der Waals surface area contributed by atoms with Crippen LogP contribution in [0.4, 0.5) is 0 Å². The van der Waals surface area contributed by atoms with Crippen molar-refractivity contribution in [2.45, 2.75) is 6.92 Å². The third kappa shape index (κ3) is 1.33. The molecule has 0 radical (unpaired) electrons. The predicted octanol–water partition coefficient (Wildman–Crippen LogP) is 2.10. The molecule has 0 saturated heterocycles. The quantitative estimate of drug-likeness (QED) is 0.570. The van der Waals surface area contributed by atoms with Crippen molar-refractivity contribution in [3.63, 3.8) is 0 Å². The van der Waals surface area contributed by atoms with Crippen LogP contribution in [0.5, 0.6) is 0 Å². The first-order valence-electron chi connectivity index (χ1n) is 5.26. The van der Waals surface area contributed by atoms with Gasteiger partial charge in [0.15, 0.2) is 0 Å². The number of fused-ring (bicyclic) bond motifs is 3. The average Bonchev–Trinajstić information content (AvgIpc) is 2.29. The van der Waals surface area contributed by atoms with E-state index in [2.05, 4.69) is 66.5 Å². The molecule has 0 fully saturated rings. The molecule has 0 amide bonds. The molecule has 2 aliphatic heterocycles. The summed E-state index contributed by atoms with van der Waals surface area (Å²) in [5.74, 6) is 2.24. The molecule has 1 aromatic carbocycles. The van der Waals surface area contributed by atoms with Crippen molar-refractivity contribution in [3.05, 3.63) is 59.9 Å². The Morgan fingerprint density at radius 2 is 2.07 bits per heavy atom. The van der Waals surface area contributed by atoms with Gasteiger partial charge in [0.05, 0.1) is 0 Å². The van der Waals surface area contributed by atoms with Crippen LogP contribution in [0.25, 0.3) is 6.08 Å². The number of rotatable bonds is 0. The van der Waals surface area contributed by atoms with E-state index in [9.17, 15) is 0 Å². The molecule has 0 saturated carbocycles. The Kier molecular flexibility index (Phi) is 1.81. The maximum Gasteiger partial charge on any atom is 0.320 e. The van der Waals surface area contributed by atoms with Crippen molar-refractivity contribution >= 4 is 18.4 Å². The minimum absolute atomic E-state index is 0.384. The highest BCUT2D eigenvalue weighted by Crippen LogP contribution is 2.16. The first-order chi connectivity index (χ1) is 7.34. The molecule has 0 atom stereocenters. The van der Waals surface area contributed by atoms with E-state index in [1.807, 2.05) is 0 Å². The van der Waals surface area contributed by atoms with Gasteiger partial charge in [0.1, 0.15) is 0 Å². The number of aryl methyl sites for hydroxylation is 1. The van der Waals surface area contributed by atoms with Gasteiger partial charge in [-0.05, 0) is 42.5 Å². The maximum atomic E-state index is 2.28. The SMILES string of the molecule is Cc1ccc2c(c1)B1C=CC=CN1C=C2. The summed E-state index contributed by atoms with van der Waals surface area (Å²) in [4.78, 5) is 2.24. The number of allylic oxidation sites excluding steroid dienone is 2. The van der Waals surface area contributed by atoms with Crippen molar-refractivity contribution in [3.8, 4) is 0 Å². The second kappa shape index (κ2) is 3.16. The molecular formula is C13H12BN. The Morgan fingerprint density at radius 3 is 3.00 bits per heavy atom. The third-order valence-corrected chi connectivity index (χ3v) is 2.97. The number of hydrogen-bond acceptors (Lipinski definition) is 1. The lowest BCUT2D eigenvalue weighted by Crippen LogP contribution is -2.45. The smallest absolute Gasteiger partial charge is 0.320 e. The topological polar surface area (TPSA) is 3.24 Å². The Bertz CT molecular complexity index is 485. The number of nitrogens with zero attached hydrogens (tertiary/aromatic N) is 1. The van der Waals surface area contributed by atoms with Gasteiger partial charge in [0.2, 0.25) is 0 Å². The molecule has 0 aromatic heterocycles. The Labute approximate surface area is 90.5 Å². The van der Waals surface area contributed by atoms with Crippen LogP contribution in [0.2, 0.25) is 0 Å². The van der Waals surface area contributed by atoms with Gasteiger partial charge in [0, 0.05) is 0 Å². The van der Waals surface area contributed by atoms with Crippen molar-refractivity contribution < 1.29 is 0 Å². The van der Waals surface area contributed by atoms with E-state index >= 15 is 0 Å². The highest BCUT2D eigenvalue weighted by molar-refractivity contribution is 6.77. The minimum atomic E-state index is 0.384. The van der Waals surface area contributed by atoms with Gasteiger partial charge >= 0.3 is 6.85 Å². The second-order valence-corrected chi connectivity index (χ2v) is 4.07. The summed E-state index contributed by atoms with van der Waals surface area (Å²) in [6.07, 6.45) is 10.6. The van der Waals surface area contributed by atoms with Crippen molar-refractivity contribution in [1.82, 2.24) is 4.81 Å². The summed E-state index contributed by atoms with van der Waals surface area (Å²) >= 11 is 0. The summed E-state index contributed by atoms with van der Waals surface area (Å²) < 4.78 is 0. The fourth-order valence-corrected chi connectivity index (χ4v) is 2.19. The van der Waals surface area contributed by atoms with Crippen molar-refractivity contribution in [2.24, 2.45) is 0 Å². The zero-order chi connectivity index (χ0) is 10.3. The number of hydrogen-bond donors (Lipinski definition) is 0. The largest absolute Gasteiger partial charge is 0.389 e. The van der Waals surface area contributed by atoms with Gasteiger partial charge in [-0.15, -0.1) is 0 Å². The van der Waals surface area contributed by atoms with Gasteiger partial charge in [-0.2, -0.15) is 0 Å². The van der Waals surface area contributed by atoms with Gasteiger partial charge in [-0.1, -0.05) is 35.8 Å². The monoisotopic (exact) mass is 193 g/mol. The van der Waals surface area contributed by atoms with Crippen LogP contribution in [0.15, 0.2) is 48.7 Å². The summed E-state index contributed by atoms with van der Waals surface area (Å²) in [6, 6.07) is 6.64. The number of benzene rings is 1. The molecule has 15 heavy (non-hydrogen) atoms. The maximum absolute atomic E-state index is 2.28. The molecule has 72 valence electrons. The molecule has 1 aromatic rings. The van der Waals surface area contributed by atoms with E-state index in [4.69, 9.17) is 0 Å². The summed E-state index contributed by atoms with van der Waals surface area (Å²) in [6.45, 7) is 2.53. The molecule has 0 aliphatic carbocycles. The lowest BCUT2D eigenvalue weighted by molar-refractivity contribution is 0.797. The molecule has 3 rings (SSSR count). The first kappa shape index (κ1) is 8.60. The molecule has 0 bridgehead atoms. The van der Waals surface area contributed by atoms with E-state index in [0.717, 1.165) is 0 Å². The van der Waals surface area contributed by atoms with Crippen LogP contribution >= 0.6 is 0 Å². The van der Waals surface area contributed by atoms with E-state index < -0.39 is 0 Å². The van der Waals surface area contributed by atoms with Crippen molar-refractivity contribution in [2.75, 3.05) is 0 Å². The highest BCUT2D eigenvalue weighted by Gasteiger charge is 2.25. The molecule has 2 heteroatoms.